The number of fused-ring (bicyclic) bond motifs is 1. The van der Waals surface area contributed by atoms with Crippen LogP contribution in [0.1, 0.15) is 18.7 Å². The van der Waals surface area contributed by atoms with Gasteiger partial charge < -0.3 is 15.6 Å². The van der Waals surface area contributed by atoms with E-state index < -0.39 is 10.0 Å². The molecule has 1 fully saturated rings. The number of nitrogens with one attached hydrogen (secondary N) is 4. The number of likely N-dealkylation sites (tertiary alicyclic amines) is 1. The Morgan fingerprint density at radius 2 is 1.83 bits per heavy atom. The third-order valence-corrected chi connectivity index (χ3v) is 6.45. The van der Waals surface area contributed by atoms with Gasteiger partial charge in [-0.2, -0.15) is 4.98 Å². The van der Waals surface area contributed by atoms with Gasteiger partial charge in [0.05, 0.1) is 41.4 Å². The molecule has 2 aromatic carbocycles. The van der Waals surface area contributed by atoms with Crippen molar-refractivity contribution in [3.63, 3.8) is 0 Å². The number of para-hydroxylation sites is 2. The monoisotopic (exact) mass is 512 g/mol. The van der Waals surface area contributed by atoms with Crippen molar-refractivity contribution < 1.29 is 8.42 Å². The molecule has 0 saturated carbocycles. The topological polar surface area (TPSA) is 128 Å². The summed E-state index contributed by atoms with van der Waals surface area (Å²) in [5.41, 5.74) is 3.51. The molecule has 0 atom stereocenters. The van der Waals surface area contributed by atoms with E-state index in [2.05, 4.69) is 35.2 Å². The molecular formula is C23H25ClN8O2S. The van der Waals surface area contributed by atoms with E-state index in [0.29, 0.717) is 28.2 Å². The minimum Gasteiger partial charge on any atom is -0.341 e. The maximum Gasteiger partial charge on any atom is 0.229 e. The van der Waals surface area contributed by atoms with Crippen molar-refractivity contribution in [2.75, 3.05) is 34.7 Å². The Bertz CT molecular complexity index is 1470. The van der Waals surface area contributed by atoms with Gasteiger partial charge in [0.15, 0.2) is 5.82 Å². The van der Waals surface area contributed by atoms with Crippen LogP contribution in [0.2, 0.25) is 5.02 Å². The summed E-state index contributed by atoms with van der Waals surface area (Å²) in [6.07, 6.45) is 5.06. The van der Waals surface area contributed by atoms with Crippen molar-refractivity contribution >= 4 is 61.5 Å². The number of nitrogens with zero attached hydrogens (tertiary/aromatic N) is 4. The van der Waals surface area contributed by atoms with E-state index >= 15 is 0 Å². The van der Waals surface area contributed by atoms with Crippen molar-refractivity contribution in [1.29, 1.82) is 0 Å². The molecule has 5 rings (SSSR count). The zero-order chi connectivity index (χ0) is 24.4. The summed E-state index contributed by atoms with van der Waals surface area (Å²) in [7, 11) is -3.45. The minimum absolute atomic E-state index is 0.292. The number of sulfonamides is 1. The van der Waals surface area contributed by atoms with Gasteiger partial charge in [-0.15, -0.1) is 0 Å². The fourth-order valence-electron chi connectivity index (χ4n) is 4.02. The van der Waals surface area contributed by atoms with E-state index in [9.17, 15) is 8.42 Å². The largest absolute Gasteiger partial charge is 0.341 e. The second-order valence-corrected chi connectivity index (χ2v) is 10.6. The number of anilines is 5. The van der Waals surface area contributed by atoms with E-state index in [1.165, 1.54) is 19.0 Å². The lowest BCUT2D eigenvalue weighted by molar-refractivity contribution is 0.324. The fraction of sp³-hybridized carbons (Fsp3) is 0.261. The summed E-state index contributed by atoms with van der Waals surface area (Å²) in [4.78, 5) is 19.3. The molecule has 0 spiro atoms. The molecule has 4 aromatic rings. The van der Waals surface area contributed by atoms with Gasteiger partial charge in [0.2, 0.25) is 16.0 Å². The predicted octanol–water partition coefficient (Wildman–Crippen LogP) is 4.46. The number of aromatic nitrogens is 4. The van der Waals surface area contributed by atoms with Crippen LogP contribution in [0.15, 0.2) is 48.7 Å². The Kier molecular flexibility index (Phi) is 6.46. The lowest BCUT2D eigenvalue weighted by Gasteiger charge is -2.14. The Morgan fingerprint density at radius 1 is 1.06 bits per heavy atom. The number of rotatable bonds is 8. The van der Waals surface area contributed by atoms with E-state index in [4.69, 9.17) is 16.6 Å². The Morgan fingerprint density at radius 3 is 2.60 bits per heavy atom. The molecule has 1 aliphatic heterocycles. The molecule has 35 heavy (non-hydrogen) atoms. The molecule has 12 heteroatoms. The first-order valence-electron chi connectivity index (χ1n) is 11.2. The Labute approximate surface area is 208 Å². The second kappa shape index (κ2) is 9.68. The molecule has 1 saturated heterocycles. The number of halogens is 1. The lowest BCUT2D eigenvalue weighted by atomic mass is 10.2. The van der Waals surface area contributed by atoms with Crippen LogP contribution in [0.4, 0.5) is 28.8 Å². The van der Waals surface area contributed by atoms with E-state index in [-0.39, 0.29) is 0 Å². The first kappa shape index (κ1) is 23.3. The highest BCUT2D eigenvalue weighted by molar-refractivity contribution is 7.92. The summed E-state index contributed by atoms with van der Waals surface area (Å²) >= 11 is 6.31. The molecule has 2 aromatic heterocycles. The maximum absolute atomic E-state index is 11.7. The van der Waals surface area contributed by atoms with E-state index in [1.807, 2.05) is 18.2 Å². The minimum atomic E-state index is -3.45. The summed E-state index contributed by atoms with van der Waals surface area (Å²) in [5, 5.41) is 6.57. The zero-order valence-corrected chi connectivity index (χ0v) is 20.6. The van der Waals surface area contributed by atoms with Crippen LogP contribution in [0.3, 0.4) is 0 Å². The molecule has 0 radical (unpaired) electrons. The second-order valence-electron chi connectivity index (χ2n) is 8.46. The van der Waals surface area contributed by atoms with Gasteiger partial charge in [-0.25, -0.2) is 18.4 Å². The number of hydrogen-bond donors (Lipinski definition) is 4. The third kappa shape index (κ3) is 5.81. The molecule has 0 aliphatic carbocycles. The highest BCUT2D eigenvalue weighted by Gasteiger charge is 2.15. The molecular weight excluding hydrogens is 488 g/mol. The fourth-order valence-corrected chi connectivity index (χ4v) is 4.74. The Balaban J connectivity index is 1.34. The zero-order valence-electron chi connectivity index (χ0n) is 19.0. The quantitative estimate of drug-likeness (QED) is 0.272. The average Bonchev–Trinajstić information content (AvgIpc) is 3.46. The predicted molar refractivity (Wildman–Crippen MR) is 139 cm³/mol. The maximum atomic E-state index is 11.7. The van der Waals surface area contributed by atoms with Crippen molar-refractivity contribution in [3.05, 3.63) is 59.5 Å². The van der Waals surface area contributed by atoms with Gasteiger partial charge in [-0.3, -0.25) is 9.62 Å². The first-order valence-corrected chi connectivity index (χ1v) is 13.4. The number of hydrogen-bond acceptors (Lipinski definition) is 8. The van der Waals surface area contributed by atoms with Crippen molar-refractivity contribution in [1.82, 2.24) is 24.8 Å². The standard InChI is InChI=1S/C23H25ClN8O2S/c1-35(33,34)31-19-7-3-2-6-17(19)29-22-16(24)13-25-23(30-22)26-15-8-9-18-20(12-15)28-21(27-18)14-32-10-4-5-11-32/h2-3,6-9,12-13,31H,4-5,10-11,14H2,1H3,(H,27,28)(H2,25,26,29,30). The number of H-pyrrole nitrogens is 1. The van der Waals surface area contributed by atoms with Gasteiger partial charge in [0.1, 0.15) is 10.8 Å². The molecule has 4 N–H and O–H groups in total. The van der Waals surface area contributed by atoms with Crippen molar-refractivity contribution in [3.8, 4) is 0 Å². The molecule has 1 aliphatic rings. The summed E-state index contributed by atoms with van der Waals surface area (Å²) < 4.78 is 25.9. The summed E-state index contributed by atoms with van der Waals surface area (Å²) in [6, 6.07) is 12.7. The molecule has 182 valence electrons. The van der Waals surface area contributed by atoms with Gasteiger partial charge in [0.25, 0.3) is 0 Å². The van der Waals surface area contributed by atoms with Gasteiger partial charge in [-0.05, 0) is 56.3 Å². The molecule has 0 bridgehead atoms. The average molecular weight is 513 g/mol. The third-order valence-electron chi connectivity index (χ3n) is 5.58. The van der Waals surface area contributed by atoms with Crippen molar-refractivity contribution in [2.24, 2.45) is 0 Å². The SMILES string of the molecule is CS(=O)(=O)Nc1ccccc1Nc1nc(Nc2ccc3nc(CN4CCCC4)[nH]c3c2)ncc1Cl. The normalized spacial score (nSPS) is 14.3. The van der Waals surface area contributed by atoms with Gasteiger partial charge in [-0.1, -0.05) is 23.7 Å². The van der Waals surface area contributed by atoms with Gasteiger partial charge >= 0.3 is 0 Å². The summed E-state index contributed by atoms with van der Waals surface area (Å²) in [6.45, 7) is 3.05. The summed E-state index contributed by atoms with van der Waals surface area (Å²) in [5.74, 6) is 1.62. The number of imidazole rings is 1. The van der Waals surface area contributed by atoms with Crippen LogP contribution < -0.4 is 15.4 Å². The van der Waals surface area contributed by atoms with Crippen LogP contribution in [-0.4, -0.2) is 52.6 Å². The van der Waals surface area contributed by atoms with E-state index in [1.54, 1.807) is 24.3 Å². The van der Waals surface area contributed by atoms with Crippen LogP contribution in [-0.2, 0) is 16.6 Å². The molecule has 0 unspecified atom stereocenters. The van der Waals surface area contributed by atoms with Crippen LogP contribution >= 0.6 is 11.6 Å². The first-order chi connectivity index (χ1) is 16.8. The molecule has 0 amide bonds. The van der Waals surface area contributed by atoms with E-state index in [0.717, 1.165) is 48.4 Å². The lowest BCUT2D eigenvalue weighted by Crippen LogP contribution is -2.19. The van der Waals surface area contributed by atoms with Crippen LogP contribution in [0.25, 0.3) is 11.0 Å². The van der Waals surface area contributed by atoms with Crippen LogP contribution in [0, 0.1) is 0 Å². The number of benzene rings is 2. The number of aromatic amines is 1. The molecule has 10 nitrogen and oxygen atoms in total. The van der Waals surface area contributed by atoms with Crippen LogP contribution in [0.5, 0.6) is 0 Å². The highest BCUT2D eigenvalue weighted by Crippen LogP contribution is 2.30. The van der Waals surface area contributed by atoms with Crippen molar-refractivity contribution in [2.45, 2.75) is 19.4 Å². The molecule has 3 heterocycles. The van der Waals surface area contributed by atoms with Gasteiger partial charge in [0, 0.05) is 5.69 Å². The Hall–Kier alpha value is -3.41. The highest BCUT2D eigenvalue weighted by atomic mass is 35.5. The smallest absolute Gasteiger partial charge is 0.229 e.